The van der Waals surface area contributed by atoms with Gasteiger partial charge in [-0.3, -0.25) is 0 Å². The molecule has 0 aromatic carbocycles. The number of aliphatic hydroxyl groups excluding tert-OH is 2. The molecule has 0 spiro atoms. The summed E-state index contributed by atoms with van der Waals surface area (Å²) in [4.78, 5) is 2.41. The van der Waals surface area contributed by atoms with Crippen molar-refractivity contribution in [1.82, 2.24) is 4.90 Å². The van der Waals surface area contributed by atoms with E-state index in [4.69, 9.17) is 4.74 Å². The first kappa shape index (κ1) is 26.0. The number of halogens is 2. The lowest BCUT2D eigenvalue weighted by atomic mass is 9.61. The molecule has 192 valence electrons. The van der Waals surface area contributed by atoms with Crippen molar-refractivity contribution >= 4 is 0 Å². The molecule has 6 heteroatoms. The minimum atomic E-state index is -2.39. The third-order valence-electron chi connectivity index (χ3n) is 9.26. The van der Waals surface area contributed by atoms with Crippen LogP contribution in [0, 0.1) is 23.2 Å². The Labute approximate surface area is 203 Å². The largest absolute Gasteiger partial charge is 0.388 e. The van der Waals surface area contributed by atoms with Gasteiger partial charge in [-0.15, -0.1) is 0 Å². The van der Waals surface area contributed by atoms with Crippen LogP contribution in [0.1, 0.15) is 65.2 Å². The quantitative estimate of drug-likeness (QED) is 0.498. The summed E-state index contributed by atoms with van der Waals surface area (Å²) >= 11 is 0. The van der Waals surface area contributed by atoms with Crippen molar-refractivity contribution in [3.8, 4) is 0 Å². The monoisotopic (exact) mass is 479 g/mol. The lowest BCUT2D eigenvalue weighted by Crippen LogP contribution is -2.39. The maximum Gasteiger partial charge on any atom is 0.261 e. The number of ether oxygens (including phenoxy) is 1. The van der Waals surface area contributed by atoms with Gasteiger partial charge in [-0.05, 0) is 80.1 Å². The Morgan fingerprint density at radius 1 is 1.18 bits per heavy atom. The van der Waals surface area contributed by atoms with E-state index in [0.717, 1.165) is 38.0 Å². The van der Waals surface area contributed by atoms with Gasteiger partial charge in [0.25, 0.3) is 6.43 Å². The zero-order chi connectivity index (χ0) is 24.5. The van der Waals surface area contributed by atoms with Crippen LogP contribution < -0.4 is 0 Å². The zero-order valence-electron chi connectivity index (χ0n) is 20.9. The summed E-state index contributed by atoms with van der Waals surface area (Å²) in [5.41, 5.74) is 3.47. The number of rotatable bonds is 7. The molecule has 1 saturated heterocycles. The van der Waals surface area contributed by atoms with E-state index in [9.17, 15) is 19.0 Å². The fraction of sp³-hybridized carbons (Fsp3) is 0.786. The van der Waals surface area contributed by atoms with Crippen LogP contribution in [0.2, 0.25) is 0 Å². The number of allylic oxidation sites excluding steroid dienone is 3. The number of hydrogen-bond acceptors (Lipinski definition) is 4. The van der Waals surface area contributed by atoms with Crippen molar-refractivity contribution in [2.75, 3.05) is 26.2 Å². The van der Waals surface area contributed by atoms with Gasteiger partial charge in [-0.2, -0.15) is 0 Å². The molecule has 3 aliphatic carbocycles. The van der Waals surface area contributed by atoms with Gasteiger partial charge in [0.1, 0.15) is 6.61 Å². The molecule has 3 saturated carbocycles. The highest BCUT2D eigenvalue weighted by atomic mass is 19.3. The Balaban J connectivity index is 1.37. The topological polar surface area (TPSA) is 52.9 Å². The number of hydrogen-bond donors (Lipinski definition) is 2. The summed E-state index contributed by atoms with van der Waals surface area (Å²) in [6.07, 6.45) is 8.77. The minimum Gasteiger partial charge on any atom is -0.388 e. The summed E-state index contributed by atoms with van der Waals surface area (Å²) in [7, 11) is 0. The first-order chi connectivity index (χ1) is 16.2. The highest BCUT2D eigenvalue weighted by Gasteiger charge is 2.50. The SMILES string of the molecule is C=C1[C@H](O)CC(=C/C=C2\CCC[C@]3(C)[C@@H](C(C)CN4CC[C@@H](OCC(F)F)C4)CC[C@@H]23)C[C@H]1O. The van der Waals surface area contributed by atoms with E-state index in [2.05, 4.69) is 37.5 Å². The predicted octanol–water partition coefficient (Wildman–Crippen LogP) is 5.12. The van der Waals surface area contributed by atoms with Gasteiger partial charge in [-0.25, -0.2) is 8.78 Å². The van der Waals surface area contributed by atoms with Crippen LogP contribution in [0.15, 0.2) is 35.5 Å². The molecule has 0 aromatic heterocycles. The van der Waals surface area contributed by atoms with Crippen LogP contribution in [0.3, 0.4) is 0 Å². The highest BCUT2D eigenvalue weighted by Crippen LogP contribution is 2.59. The molecular weight excluding hydrogens is 436 g/mol. The molecule has 4 rings (SSSR count). The second kappa shape index (κ2) is 10.9. The first-order valence-electron chi connectivity index (χ1n) is 13.2. The summed E-state index contributed by atoms with van der Waals surface area (Å²) in [5.74, 6) is 1.83. The van der Waals surface area contributed by atoms with Crippen molar-refractivity contribution in [3.05, 3.63) is 35.5 Å². The summed E-state index contributed by atoms with van der Waals surface area (Å²) in [5, 5.41) is 20.3. The molecule has 1 aliphatic heterocycles. The molecule has 34 heavy (non-hydrogen) atoms. The molecule has 2 N–H and O–H groups in total. The minimum absolute atomic E-state index is 0.0561. The Morgan fingerprint density at radius 2 is 1.91 bits per heavy atom. The van der Waals surface area contributed by atoms with Gasteiger partial charge in [0.2, 0.25) is 0 Å². The van der Waals surface area contributed by atoms with Crippen LogP contribution in [0.25, 0.3) is 0 Å². The van der Waals surface area contributed by atoms with Gasteiger partial charge in [0, 0.05) is 19.6 Å². The molecule has 4 fully saturated rings. The fourth-order valence-electron chi connectivity index (χ4n) is 7.48. The maximum absolute atomic E-state index is 12.5. The van der Waals surface area contributed by atoms with E-state index >= 15 is 0 Å². The zero-order valence-corrected chi connectivity index (χ0v) is 20.9. The predicted molar refractivity (Wildman–Crippen MR) is 131 cm³/mol. The molecule has 7 atom stereocenters. The van der Waals surface area contributed by atoms with Crippen molar-refractivity contribution in [2.24, 2.45) is 23.2 Å². The number of fused-ring (bicyclic) bond motifs is 1. The number of likely N-dealkylation sites (tertiary alicyclic amines) is 1. The average molecular weight is 480 g/mol. The normalized spacial score (nSPS) is 39.1. The van der Waals surface area contributed by atoms with Crippen molar-refractivity contribution in [3.63, 3.8) is 0 Å². The third-order valence-corrected chi connectivity index (χ3v) is 9.26. The van der Waals surface area contributed by atoms with E-state index in [1.54, 1.807) is 0 Å². The second-order valence-corrected chi connectivity index (χ2v) is 11.5. The molecule has 0 amide bonds. The van der Waals surface area contributed by atoms with Gasteiger partial charge < -0.3 is 19.8 Å². The second-order valence-electron chi connectivity index (χ2n) is 11.5. The summed E-state index contributed by atoms with van der Waals surface area (Å²) in [6, 6.07) is 0. The van der Waals surface area contributed by atoms with E-state index < -0.39 is 25.2 Å². The van der Waals surface area contributed by atoms with Crippen LogP contribution in [0.4, 0.5) is 8.78 Å². The van der Waals surface area contributed by atoms with Crippen LogP contribution in [-0.2, 0) is 4.74 Å². The Hall–Kier alpha value is -1.08. The molecule has 1 unspecified atom stereocenters. The maximum atomic E-state index is 12.5. The molecular formula is C28H43F2NO3. The molecule has 0 radical (unpaired) electrons. The van der Waals surface area contributed by atoms with Crippen LogP contribution >= 0.6 is 0 Å². The summed E-state index contributed by atoms with van der Waals surface area (Å²) < 4.78 is 30.3. The van der Waals surface area contributed by atoms with E-state index in [1.807, 2.05) is 0 Å². The van der Waals surface area contributed by atoms with Crippen molar-refractivity contribution < 1.29 is 23.7 Å². The standard InChI is InChI=1S/C28H43F2NO3/c1-18(15-31-12-10-22(16-31)34-17-27(29)30)23-8-9-24-21(5-4-11-28(23,24)3)7-6-20-13-25(32)19(2)26(33)14-20/h6-7,18,22-27,32-33H,2,4-5,8-17H2,1,3H3/b21-7+/t18?,22-,23-,24+,25-,26-,28-/m1/s1. The molecule has 1 heterocycles. The molecule has 4 nitrogen and oxygen atoms in total. The van der Waals surface area contributed by atoms with E-state index in [-0.39, 0.29) is 6.10 Å². The number of alkyl halides is 2. The van der Waals surface area contributed by atoms with Gasteiger partial charge in [0.15, 0.2) is 0 Å². The Kier molecular flexibility index (Phi) is 8.33. The highest BCUT2D eigenvalue weighted by molar-refractivity contribution is 5.29. The van der Waals surface area contributed by atoms with Crippen molar-refractivity contribution in [2.45, 2.75) is 90.0 Å². The van der Waals surface area contributed by atoms with Crippen LogP contribution in [-0.4, -0.2) is 66.1 Å². The van der Waals surface area contributed by atoms with Gasteiger partial charge >= 0.3 is 0 Å². The Morgan fingerprint density at radius 3 is 2.62 bits per heavy atom. The lowest BCUT2D eigenvalue weighted by Gasteiger charge is -2.45. The molecule has 0 aromatic rings. The summed E-state index contributed by atoms with van der Waals surface area (Å²) in [6.45, 7) is 11.0. The van der Waals surface area contributed by atoms with E-state index in [0.29, 0.717) is 41.6 Å². The molecule has 4 aliphatic rings. The number of nitrogens with zero attached hydrogens (tertiary/aromatic N) is 1. The van der Waals surface area contributed by atoms with Gasteiger partial charge in [-0.1, -0.05) is 43.7 Å². The lowest BCUT2D eigenvalue weighted by molar-refractivity contribution is -0.0207. The third kappa shape index (κ3) is 5.66. The molecule has 0 bridgehead atoms. The Bertz CT molecular complexity index is 781. The van der Waals surface area contributed by atoms with Gasteiger partial charge in [0.05, 0.1) is 18.3 Å². The van der Waals surface area contributed by atoms with Crippen molar-refractivity contribution in [1.29, 1.82) is 0 Å². The fourth-order valence-corrected chi connectivity index (χ4v) is 7.48. The van der Waals surface area contributed by atoms with E-state index in [1.165, 1.54) is 31.3 Å². The first-order valence-corrected chi connectivity index (χ1v) is 13.2. The smallest absolute Gasteiger partial charge is 0.261 e. The average Bonchev–Trinajstić information content (AvgIpc) is 3.38. The van der Waals surface area contributed by atoms with Crippen LogP contribution in [0.5, 0.6) is 0 Å². The number of aliphatic hydroxyl groups is 2.